The van der Waals surface area contributed by atoms with Crippen LogP contribution < -0.4 is 15.6 Å². The molecule has 8 nitrogen and oxygen atoms in total. The standard InChI is InChI=1S/C27H31FN4O4S/c1-8-29-25(33)18-11-16-17(12-32(7)26(34)20(16)31-18)23-21(36-19-10-13(2)9-14(3)30-19)15(4)22(37-23)24(28)27(5,6)35/h9-12,24,31,35H,8H2,1-7H3,(H,29,33). The van der Waals surface area contributed by atoms with E-state index in [1.54, 1.807) is 32.3 Å². The first kappa shape index (κ1) is 26.6. The third-order valence-electron chi connectivity index (χ3n) is 6.05. The second-order valence-electron chi connectivity index (χ2n) is 9.78. The van der Waals surface area contributed by atoms with Crippen molar-refractivity contribution in [3.05, 3.63) is 62.1 Å². The average molecular weight is 527 g/mol. The van der Waals surface area contributed by atoms with E-state index < -0.39 is 11.8 Å². The predicted molar refractivity (Wildman–Crippen MR) is 144 cm³/mol. The number of hydrogen-bond donors (Lipinski definition) is 3. The maximum absolute atomic E-state index is 15.5. The van der Waals surface area contributed by atoms with Gasteiger partial charge in [-0.1, -0.05) is 0 Å². The van der Waals surface area contributed by atoms with Crippen LogP contribution in [0.3, 0.4) is 0 Å². The first-order valence-corrected chi connectivity index (χ1v) is 12.8. The van der Waals surface area contributed by atoms with Gasteiger partial charge < -0.3 is 24.7 Å². The second kappa shape index (κ2) is 9.75. The lowest BCUT2D eigenvalue weighted by Gasteiger charge is -2.22. The van der Waals surface area contributed by atoms with Gasteiger partial charge in [0.05, 0.1) is 10.5 Å². The number of halogens is 1. The van der Waals surface area contributed by atoms with E-state index in [-0.39, 0.29) is 22.7 Å². The van der Waals surface area contributed by atoms with E-state index in [4.69, 9.17) is 4.74 Å². The molecule has 37 heavy (non-hydrogen) atoms. The van der Waals surface area contributed by atoms with E-state index >= 15 is 4.39 Å². The summed E-state index contributed by atoms with van der Waals surface area (Å²) in [7, 11) is 1.61. The van der Waals surface area contributed by atoms with Crippen molar-refractivity contribution < 1.29 is 19.0 Å². The maximum atomic E-state index is 15.5. The van der Waals surface area contributed by atoms with Crippen LogP contribution in [0.4, 0.5) is 4.39 Å². The van der Waals surface area contributed by atoms with Gasteiger partial charge in [0.2, 0.25) is 5.88 Å². The Morgan fingerprint density at radius 1 is 1.30 bits per heavy atom. The first-order valence-electron chi connectivity index (χ1n) is 12.0. The minimum Gasteiger partial charge on any atom is -0.437 e. The topological polar surface area (TPSA) is 109 Å². The minimum atomic E-state index is -1.68. The average Bonchev–Trinajstić information content (AvgIpc) is 3.38. The van der Waals surface area contributed by atoms with Crippen molar-refractivity contribution in [2.45, 2.75) is 53.3 Å². The number of pyridine rings is 2. The van der Waals surface area contributed by atoms with Gasteiger partial charge in [-0.3, -0.25) is 9.59 Å². The molecule has 10 heteroatoms. The summed E-state index contributed by atoms with van der Waals surface area (Å²) < 4.78 is 23.2. The number of carbonyl (C=O) groups excluding carboxylic acids is 1. The van der Waals surface area contributed by atoms with E-state index in [2.05, 4.69) is 15.3 Å². The molecule has 0 saturated heterocycles. The molecule has 0 aliphatic rings. The molecule has 1 amide bonds. The van der Waals surface area contributed by atoms with Crippen LogP contribution in [-0.2, 0) is 7.05 Å². The number of nitrogens with zero attached hydrogens (tertiary/aromatic N) is 2. The summed E-state index contributed by atoms with van der Waals surface area (Å²) in [5.41, 5.74) is 1.41. The molecule has 1 atom stereocenters. The molecule has 0 bridgehead atoms. The highest BCUT2D eigenvalue weighted by Crippen LogP contribution is 2.50. The van der Waals surface area contributed by atoms with Crippen LogP contribution in [0.2, 0.25) is 0 Å². The number of aromatic nitrogens is 3. The molecule has 1 unspecified atom stereocenters. The van der Waals surface area contributed by atoms with E-state index in [1.165, 1.54) is 18.4 Å². The van der Waals surface area contributed by atoms with Crippen molar-refractivity contribution in [1.29, 1.82) is 0 Å². The van der Waals surface area contributed by atoms with Gasteiger partial charge in [0.15, 0.2) is 11.9 Å². The van der Waals surface area contributed by atoms with E-state index in [0.717, 1.165) is 22.6 Å². The number of hydrogen-bond acceptors (Lipinski definition) is 6. The van der Waals surface area contributed by atoms with Gasteiger partial charge in [0.25, 0.3) is 11.5 Å². The van der Waals surface area contributed by atoms with Crippen LogP contribution >= 0.6 is 11.3 Å². The number of aryl methyl sites for hydroxylation is 3. The van der Waals surface area contributed by atoms with Crippen LogP contribution in [0.15, 0.2) is 29.2 Å². The molecule has 0 aliphatic carbocycles. The lowest BCUT2D eigenvalue weighted by Crippen LogP contribution is -2.25. The molecule has 196 valence electrons. The zero-order valence-corrected chi connectivity index (χ0v) is 22.8. The Kier molecular flexibility index (Phi) is 7.00. The highest BCUT2D eigenvalue weighted by atomic mass is 32.1. The third kappa shape index (κ3) is 5.03. The Hall–Kier alpha value is -3.50. The first-order chi connectivity index (χ1) is 17.3. The fourth-order valence-corrected chi connectivity index (χ4v) is 5.65. The third-order valence-corrected chi connectivity index (χ3v) is 7.39. The number of aliphatic hydroxyl groups is 1. The Balaban J connectivity index is 2.00. The van der Waals surface area contributed by atoms with Crippen molar-refractivity contribution in [2.75, 3.05) is 6.54 Å². The summed E-state index contributed by atoms with van der Waals surface area (Å²) in [4.78, 5) is 33.8. The zero-order chi connectivity index (χ0) is 27.2. The second-order valence-corrected chi connectivity index (χ2v) is 10.8. The lowest BCUT2D eigenvalue weighted by molar-refractivity contribution is -0.00286. The molecular formula is C27H31FN4O4S. The van der Waals surface area contributed by atoms with Crippen molar-refractivity contribution in [1.82, 2.24) is 19.9 Å². The highest BCUT2D eigenvalue weighted by molar-refractivity contribution is 7.16. The predicted octanol–water partition coefficient (Wildman–Crippen LogP) is 5.24. The Labute approximate surface area is 218 Å². The van der Waals surface area contributed by atoms with Gasteiger partial charge in [0, 0.05) is 52.9 Å². The van der Waals surface area contributed by atoms with Crippen molar-refractivity contribution >= 4 is 28.1 Å². The molecule has 4 heterocycles. The number of H-pyrrole nitrogens is 1. The number of fused-ring (bicyclic) bond motifs is 1. The van der Waals surface area contributed by atoms with Gasteiger partial charge in [-0.2, -0.15) is 0 Å². The summed E-state index contributed by atoms with van der Waals surface area (Å²) in [5.74, 6) is 0.393. The van der Waals surface area contributed by atoms with E-state index in [1.807, 2.05) is 26.8 Å². The summed E-state index contributed by atoms with van der Waals surface area (Å²) in [6.45, 7) is 10.6. The number of rotatable bonds is 7. The summed E-state index contributed by atoms with van der Waals surface area (Å²) in [6, 6.07) is 5.33. The largest absolute Gasteiger partial charge is 0.437 e. The fraction of sp³-hybridized carbons (Fsp3) is 0.370. The summed E-state index contributed by atoms with van der Waals surface area (Å²) >= 11 is 1.14. The van der Waals surface area contributed by atoms with E-state index in [9.17, 15) is 14.7 Å². The molecule has 0 fully saturated rings. The molecule has 0 aromatic carbocycles. The SMILES string of the molecule is CCNC(=O)c1cc2c(-c3sc(C(F)C(C)(C)O)c(C)c3Oc3cc(C)cc(C)n3)cn(C)c(=O)c2[nH]1. The molecule has 4 aromatic rings. The number of ether oxygens (including phenoxy) is 1. The van der Waals surface area contributed by atoms with Crippen LogP contribution in [0.5, 0.6) is 11.6 Å². The van der Waals surface area contributed by atoms with Gasteiger partial charge in [0.1, 0.15) is 11.2 Å². The van der Waals surface area contributed by atoms with Gasteiger partial charge in [-0.05, 0) is 59.2 Å². The van der Waals surface area contributed by atoms with Gasteiger partial charge >= 0.3 is 0 Å². The molecule has 0 spiro atoms. The van der Waals surface area contributed by atoms with Crippen LogP contribution in [0, 0.1) is 20.8 Å². The number of alkyl halides is 1. The van der Waals surface area contributed by atoms with Crippen LogP contribution in [0.25, 0.3) is 21.3 Å². The number of thiophene rings is 1. The Bertz CT molecular complexity index is 1540. The van der Waals surface area contributed by atoms with Crippen LogP contribution in [-0.4, -0.2) is 37.7 Å². The molecule has 0 saturated carbocycles. The summed E-state index contributed by atoms with van der Waals surface area (Å²) in [5, 5.41) is 13.7. The number of amides is 1. The minimum absolute atomic E-state index is 0.244. The molecule has 4 aromatic heterocycles. The summed E-state index contributed by atoms with van der Waals surface area (Å²) in [6.07, 6.45) is -0.0327. The Morgan fingerprint density at radius 3 is 2.62 bits per heavy atom. The Morgan fingerprint density at radius 2 is 2.00 bits per heavy atom. The smallest absolute Gasteiger partial charge is 0.274 e. The fourth-order valence-electron chi connectivity index (χ4n) is 4.23. The molecule has 4 rings (SSSR count). The lowest BCUT2D eigenvalue weighted by atomic mass is 9.99. The normalized spacial score (nSPS) is 12.7. The monoisotopic (exact) mass is 526 g/mol. The highest BCUT2D eigenvalue weighted by Gasteiger charge is 2.34. The molecule has 3 N–H and O–H groups in total. The quantitative estimate of drug-likeness (QED) is 0.305. The van der Waals surface area contributed by atoms with E-state index in [0.29, 0.717) is 44.4 Å². The molecule has 0 aliphatic heterocycles. The van der Waals surface area contributed by atoms with Crippen molar-refractivity contribution in [2.24, 2.45) is 7.05 Å². The van der Waals surface area contributed by atoms with Crippen molar-refractivity contribution in [3.63, 3.8) is 0 Å². The molecular weight excluding hydrogens is 495 g/mol. The van der Waals surface area contributed by atoms with Gasteiger partial charge in [-0.15, -0.1) is 11.3 Å². The van der Waals surface area contributed by atoms with Crippen molar-refractivity contribution in [3.8, 4) is 22.1 Å². The van der Waals surface area contributed by atoms with Gasteiger partial charge in [-0.25, -0.2) is 9.37 Å². The zero-order valence-electron chi connectivity index (χ0n) is 21.9. The molecule has 0 radical (unpaired) electrons. The van der Waals surface area contributed by atoms with Crippen LogP contribution in [0.1, 0.15) is 59.1 Å². The maximum Gasteiger partial charge on any atom is 0.274 e. The number of carbonyl (C=O) groups is 1. The number of nitrogens with one attached hydrogen (secondary N) is 2. The number of aromatic amines is 1.